The van der Waals surface area contributed by atoms with Crippen molar-refractivity contribution in [3.8, 4) is 0 Å². The number of benzene rings is 2. The van der Waals surface area contributed by atoms with E-state index >= 15 is 0 Å². The van der Waals surface area contributed by atoms with Gasteiger partial charge in [0.25, 0.3) is 11.8 Å². The first kappa shape index (κ1) is 20.4. The molecule has 3 rings (SSSR count). The second-order valence-corrected chi connectivity index (χ2v) is 8.32. The molecule has 2 aromatic rings. The summed E-state index contributed by atoms with van der Waals surface area (Å²) in [6, 6.07) is 15.8. The van der Waals surface area contributed by atoms with Gasteiger partial charge < -0.3 is 0 Å². The Balaban J connectivity index is 1.96. The van der Waals surface area contributed by atoms with Crippen LogP contribution in [0.2, 0.25) is 0 Å². The number of amides is 2. The molecule has 2 aromatic carbocycles. The number of carbonyl (C=O) groups excluding carboxylic acids is 2. The van der Waals surface area contributed by atoms with Crippen molar-refractivity contribution in [2.45, 2.75) is 51.3 Å². The lowest BCUT2D eigenvalue weighted by Crippen LogP contribution is -2.32. The van der Waals surface area contributed by atoms with Crippen LogP contribution < -0.4 is 0 Å². The quantitative estimate of drug-likeness (QED) is 0.423. The average Bonchev–Trinajstić information content (AvgIpc) is 2.92. The molecular formula is C24H27NO2S. The molecule has 0 fully saturated rings. The first-order valence-corrected chi connectivity index (χ1v) is 10.8. The predicted molar refractivity (Wildman–Crippen MR) is 116 cm³/mol. The van der Waals surface area contributed by atoms with E-state index in [0.717, 1.165) is 41.7 Å². The largest absolute Gasteiger partial charge is 0.274 e. The Kier molecular flexibility index (Phi) is 6.74. The normalized spacial score (nSPS) is 14.3. The lowest BCUT2D eigenvalue weighted by Gasteiger charge is -2.15. The van der Waals surface area contributed by atoms with Crippen molar-refractivity contribution < 1.29 is 9.59 Å². The van der Waals surface area contributed by atoms with Gasteiger partial charge in [-0.05, 0) is 49.1 Å². The van der Waals surface area contributed by atoms with Crippen LogP contribution in [0.3, 0.4) is 0 Å². The number of hydrogen-bond donors (Lipinski definition) is 0. The Morgan fingerprint density at radius 3 is 2.29 bits per heavy atom. The molecule has 0 spiro atoms. The summed E-state index contributed by atoms with van der Waals surface area (Å²) in [5.41, 5.74) is 3.67. The number of rotatable bonds is 8. The lowest BCUT2D eigenvalue weighted by atomic mass is 10.0. The zero-order chi connectivity index (χ0) is 20.1. The summed E-state index contributed by atoms with van der Waals surface area (Å²) >= 11 is 1.39. The molecule has 146 valence electrons. The molecule has 0 radical (unpaired) electrons. The van der Waals surface area contributed by atoms with Crippen molar-refractivity contribution in [2.75, 3.05) is 6.54 Å². The molecule has 28 heavy (non-hydrogen) atoms. The zero-order valence-electron chi connectivity index (χ0n) is 16.8. The highest BCUT2D eigenvalue weighted by Crippen LogP contribution is 2.40. The van der Waals surface area contributed by atoms with E-state index < -0.39 is 0 Å². The van der Waals surface area contributed by atoms with E-state index in [-0.39, 0.29) is 11.8 Å². The Morgan fingerprint density at radius 1 is 0.857 bits per heavy atom. The Labute approximate surface area is 171 Å². The molecule has 1 heterocycles. The van der Waals surface area contributed by atoms with E-state index in [4.69, 9.17) is 0 Å². The molecule has 0 atom stereocenters. The molecule has 2 amide bonds. The highest BCUT2D eigenvalue weighted by molar-refractivity contribution is 8.04. The third-order valence-corrected chi connectivity index (χ3v) is 6.21. The second-order valence-electron chi connectivity index (χ2n) is 7.24. The summed E-state index contributed by atoms with van der Waals surface area (Å²) in [6.07, 6.45) is 4.14. The van der Waals surface area contributed by atoms with E-state index in [1.54, 1.807) is 0 Å². The maximum absolute atomic E-state index is 13.2. The zero-order valence-corrected chi connectivity index (χ0v) is 17.6. The van der Waals surface area contributed by atoms with Crippen LogP contribution in [-0.2, 0) is 9.59 Å². The van der Waals surface area contributed by atoms with Crippen LogP contribution in [0.15, 0.2) is 58.3 Å². The van der Waals surface area contributed by atoms with Crippen LogP contribution in [-0.4, -0.2) is 23.3 Å². The van der Waals surface area contributed by atoms with Crippen LogP contribution in [0.1, 0.15) is 49.3 Å². The molecule has 0 saturated carbocycles. The van der Waals surface area contributed by atoms with Gasteiger partial charge in [-0.15, -0.1) is 0 Å². The molecule has 0 aliphatic carbocycles. The van der Waals surface area contributed by atoms with E-state index in [1.807, 2.05) is 55.5 Å². The van der Waals surface area contributed by atoms with Crippen molar-refractivity contribution in [3.63, 3.8) is 0 Å². The van der Waals surface area contributed by atoms with E-state index in [2.05, 4.69) is 13.8 Å². The Bertz CT molecular complexity index is 902. The molecule has 1 aliphatic heterocycles. The highest BCUT2D eigenvalue weighted by Gasteiger charge is 2.39. The molecule has 1 aliphatic rings. The fourth-order valence-electron chi connectivity index (χ4n) is 3.31. The van der Waals surface area contributed by atoms with E-state index in [9.17, 15) is 9.59 Å². The van der Waals surface area contributed by atoms with Crippen LogP contribution in [0.5, 0.6) is 0 Å². The van der Waals surface area contributed by atoms with E-state index in [0.29, 0.717) is 17.0 Å². The molecule has 3 nitrogen and oxygen atoms in total. The summed E-state index contributed by atoms with van der Waals surface area (Å²) in [4.78, 5) is 29.3. The molecule has 0 N–H and O–H groups in total. The van der Waals surface area contributed by atoms with Crippen molar-refractivity contribution >= 4 is 29.1 Å². The fourth-order valence-corrected chi connectivity index (χ4v) is 4.34. The van der Waals surface area contributed by atoms with Crippen LogP contribution in [0.25, 0.3) is 5.57 Å². The summed E-state index contributed by atoms with van der Waals surface area (Å²) in [5, 5.41) is 0. The Morgan fingerprint density at radius 2 is 1.61 bits per heavy atom. The maximum atomic E-state index is 13.2. The number of thioether (sulfide) groups is 1. The van der Waals surface area contributed by atoms with Crippen molar-refractivity contribution in [1.29, 1.82) is 0 Å². The van der Waals surface area contributed by atoms with Gasteiger partial charge in [-0.1, -0.05) is 74.3 Å². The fraction of sp³-hybridized carbons (Fsp3) is 0.333. The van der Waals surface area contributed by atoms with Crippen molar-refractivity contribution in [3.05, 3.63) is 70.1 Å². The van der Waals surface area contributed by atoms with Gasteiger partial charge in [0.15, 0.2) is 0 Å². The number of imide groups is 1. The van der Waals surface area contributed by atoms with Gasteiger partial charge in [0.05, 0.1) is 10.5 Å². The maximum Gasteiger partial charge on any atom is 0.268 e. The third-order valence-electron chi connectivity index (χ3n) is 5.12. The average molecular weight is 394 g/mol. The van der Waals surface area contributed by atoms with E-state index in [1.165, 1.54) is 22.2 Å². The van der Waals surface area contributed by atoms with Crippen molar-refractivity contribution in [2.24, 2.45) is 0 Å². The third kappa shape index (κ3) is 4.39. The number of unbranched alkanes of at least 4 members (excludes halogenated alkanes) is 3. The monoisotopic (exact) mass is 393 g/mol. The van der Waals surface area contributed by atoms with Gasteiger partial charge in [0.1, 0.15) is 0 Å². The first-order valence-electron chi connectivity index (χ1n) is 9.94. The van der Waals surface area contributed by atoms with Crippen LogP contribution in [0, 0.1) is 13.8 Å². The van der Waals surface area contributed by atoms with Gasteiger partial charge in [-0.3, -0.25) is 14.5 Å². The van der Waals surface area contributed by atoms with Crippen molar-refractivity contribution in [1.82, 2.24) is 4.90 Å². The number of hydrogen-bond acceptors (Lipinski definition) is 3. The first-order chi connectivity index (χ1) is 13.5. The predicted octanol–water partition coefficient (Wildman–Crippen LogP) is 5.76. The molecule has 4 heteroatoms. The Hall–Kier alpha value is -2.33. The van der Waals surface area contributed by atoms with Gasteiger partial charge in [-0.25, -0.2) is 0 Å². The number of nitrogens with zero attached hydrogens (tertiary/aromatic N) is 1. The number of carbonyl (C=O) groups is 2. The summed E-state index contributed by atoms with van der Waals surface area (Å²) < 4.78 is 0. The topological polar surface area (TPSA) is 37.4 Å². The minimum atomic E-state index is -0.164. The highest BCUT2D eigenvalue weighted by atomic mass is 32.2. The van der Waals surface area contributed by atoms with Gasteiger partial charge in [0.2, 0.25) is 0 Å². The van der Waals surface area contributed by atoms with Gasteiger partial charge in [0, 0.05) is 11.4 Å². The van der Waals surface area contributed by atoms with Gasteiger partial charge >= 0.3 is 0 Å². The summed E-state index contributed by atoms with van der Waals surface area (Å²) in [6.45, 7) is 6.73. The molecular weight excluding hydrogens is 366 g/mol. The smallest absolute Gasteiger partial charge is 0.268 e. The second kappa shape index (κ2) is 9.24. The van der Waals surface area contributed by atoms with Crippen LogP contribution in [0.4, 0.5) is 0 Å². The molecule has 0 unspecified atom stereocenters. The molecule has 0 saturated heterocycles. The molecule has 0 aromatic heterocycles. The minimum Gasteiger partial charge on any atom is -0.274 e. The summed E-state index contributed by atoms with van der Waals surface area (Å²) in [5.74, 6) is -0.327. The van der Waals surface area contributed by atoms with Crippen LogP contribution >= 0.6 is 11.8 Å². The standard InChI is InChI=1S/C24H27NO2S/c1-4-5-6-10-15-25-23(26)21(19-14-13-17(2)18(3)16-19)22(24(25)27)28-20-11-8-7-9-12-20/h7-9,11-14,16H,4-6,10,15H2,1-3H3. The minimum absolute atomic E-state index is 0.163. The lowest BCUT2D eigenvalue weighted by molar-refractivity contribution is -0.136. The molecule has 0 bridgehead atoms. The SMILES string of the molecule is CCCCCCN1C(=O)C(Sc2ccccc2)=C(c2ccc(C)c(C)c2)C1=O. The van der Waals surface area contributed by atoms with Gasteiger partial charge in [-0.2, -0.15) is 0 Å². The number of aryl methyl sites for hydroxylation is 2. The summed E-state index contributed by atoms with van der Waals surface area (Å²) in [7, 11) is 0.